The van der Waals surface area contributed by atoms with Gasteiger partial charge in [-0.15, -0.1) is 0 Å². The average molecular weight is 239 g/mol. The fraction of sp³-hybridized carbons (Fsp3) is 0.636. The van der Waals surface area contributed by atoms with Gasteiger partial charge in [0.25, 0.3) is 11.1 Å². The summed E-state index contributed by atoms with van der Waals surface area (Å²) in [7, 11) is 0. The fourth-order valence-electron chi connectivity index (χ4n) is 2.17. The summed E-state index contributed by atoms with van der Waals surface area (Å²) >= 11 is 0. The van der Waals surface area contributed by atoms with Crippen LogP contribution >= 0.6 is 0 Å². The Labute approximate surface area is 98.8 Å². The Balaban J connectivity index is 2.12. The molecule has 0 radical (unpaired) electrons. The molecule has 2 heterocycles. The number of nitrogens with zero attached hydrogens (tertiary/aromatic N) is 2. The van der Waals surface area contributed by atoms with E-state index in [1.54, 1.807) is 0 Å². The fourth-order valence-corrected chi connectivity index (χ4v) is 2.17. The largest absolute Gasteiger partial charge is 0.373 e. The van der Waals surface area contributed by atoms with Gasteiger partial charge in [0, 0.05) is 25.2 Å². The van der Waals surface area contributed by atoms with Gasteiger partial charge in [0.2, 0.25) is 0 Å². The number of ether oxygens (including phenoxy) is 1. The summed E-state index contributed by atoms with van der Waals surface area (Å²) in [5.41, 5.74) is -0.463. The summed E-state index contributed by atoms with van der Waals surface area (Å²) in [5.74, 6) is 0. The average Bonchev–Trinajstić information content (AvgIpc) is 2.22. The summed E-state index contributed by atoms with van der Waals surface area (Å²) < 4.78 is 6.93. The molecule has 1 aliphatic heterocycles. The predicted octanol–water partition coefficient (Wildman–Crippen LogP) is -0.397. The minimum absolute atomic E-state index is 0.143. The Kier molecular flexibility index (Phi) is 3.44. The molecule has 0 spiro atoms. The maximum Gasteiger partial charge on any atom is 0.266 e. The van der Waals surface area contributed by atoms with E-state index >= 15 is 0 Å². The molecule has 0 unspecified atom stereocenters. The summed E-state index contributed by atoms with van der Waals surface area (Å²) in [4.78, 5) is 24.8. The van der Waals surface area contributed by atoms with E-state index in [0.717, 1.165) is 13.1 Å². The van der Waals surface area contributed by atoms with Gasteiger partial charge in [0.15, 0.2) is 0 Å². The molecule has 94 valence electrons. The van der Waals surface area contributed by atoms with Crippen molar-refractivity contribution in [1.29, 1.82) is 0 Å². The SMILES string of the molecule is C[C@@H]1CN(Cn2[nH]c(=O)ccc2=O)C[C@H](C)O1. The van der Waals surface area contributed by atoms with Crippen molar-refractivity contribution in [2.45, 2.75) is 32.7 Å². The number of hydrogen-bond donors (Lipinski definition) is 1. The summed E-state index contributed by atoms with van der Waals surface area (Å²) in [5, 5.41) is 2.52. The van der Waals surface area contributed by atoms with Gasteiger partial charge in [-0.2, -0.15) is 0 Å². The second kappa shape index (κ2) is 4.85. The van der Waals surface area contributed by atoms with Crippen molar-refractivity contribution in [2.24, 2.45) is 0 Å². The second-order valence-electron chi connectivity index (χ2n) is 4.51. The lowest BCUT2D eigenvalue weighted by atomic mass is 10.2. The van der Waals surface area contributed by atoms with Gasteiger partial charge in [0.05, 0.1) is 18.9 Å². The molecule has 2 atom stereocenters. The highest BCUT2D eigenvalue weighted by Crippen LogP contribution is 2.10. The second-order valence-corrected chi connectivity index (χ2v) is 4.51. The highest BCUT2D eigenvalue weighted by molar-refractivity contribution is 4.86. The van der Waals surface area contributed by atoms with E-state index in [4.69, 9.17) is 4.74 Å². The smallest absolute Gasteiger partial charge is 0.266 e. The molecule has 0 amide bonds. The van der Waals surface area contributed by atoms with Gasteiger partial charge in [-0.1, -0.05) is 0 Å². The van der Waals surface area contributed by atoms with E-state index in [1.165, 1.54) is 16.8 Å². The van der Waals surface area contributed by atoms with Gasteiger partial charge in [-0.25, -0.2) is 4.68 Å². The highest BCUT2D eigenvalue weighted by atomic mass is 16.5. The monoisotopic (exact) mass is 239 g/mol. The molecule has 1 N–H and O–H groups in total. The first-order valence-electron chi connectivity index (χ1n) is 5.72. The maximum absolute atomic E-state index is 11.5. The van der Waals surface area contributed by atoms with Crippen LogP contribution in [0, 0.1) is 0 Å². The topological polar surface area (TPSA) is 67.3 Å². The number of rotatable bonds is 2. The molecule has 1 aliphatic rings. The van der Waals surface area contributed by atoms with E-state index in [0.29, 0.717) is 6.67 Å². The molecule has 1 aromatic rings. The van der Waals surface area contributed by atoms with Crippen LogP contribution in [0.3, 0.4) is 0 Å². The molecule has 0 saturated carbocycles. The van der Waals surface area contributed by atoms with Crippen molar-refractivity contribution in [1.82, 2.24) is 14.7 Å². The minimum atomic E-state index is -0.265. The summed E-state index contributed by atoms with van der Waals surface area (Å²) in [6.07, 6.45) is 0.287. The predicted molar refractivity (Wildman–Crippen MR) is 62.9 cm³/mol. The van der Waals surface area contributed by atoms with Crippen LogP contribution in [-0.4, -0.2) is 40.0 Å². The van der Waals surface area contributed by atoms with E-state index in [1.807, 2.05) is 13.8 Å². The van der Waals surface area contributed by atoms with Gasteiger partial charge in [-0.3, -0.25) is 19.6 Å². The number of H-pyrrole nitrogens is 1. The van der Waals surface area contributed by atoms with Crippen molar-refractivity contribution in [3.63, 3.8) is 0 Å². The first kappa shape index (κ1) is 12.1. The Morgan fingerprint density at radius 3 is 2.59 bits per heavy atom. The van der Waals surface area contributed by atoms with Crippen LogP contribution in [0.15, 0.2) is 21.7 Å². The van der Waals surface area contributed by atoms with Crippen molar-refractivity contribution >= 4 is 0 Å². The number of hydrogen-bond acceptors (Lipinski definition) is 4. The molecular formula is C11H17N3O3. The molecule has 0 bridgehead atoms. The van der Waals surface area contributed by atoms with Crippen LogP contribution < -0.4 is 11.1 Å². The number of nitrogens with one attached hydrogen (secondary N) is 1. The third-order valence-corrected chi connectivity index (χ3v) is 2.73. The number of aromatic nitrogens is 2. The van der Waals surface area contributed by atoms with Crippen molar-refractivity contribution < 1.29 is 4.74 Å². The Hall–Kier alpha value is -1.40. The molecule has 0 aromatic carbocycles. The maximum atomic E-state index is 11.5. The van der Waals surface area contributed by atoms with E-state index in [2.05, 4.69) is 10.00 Å². The van der Waals surface area contributed by atoms with Crippen LogP contribution in [0.2, 0.25) is 0 Å². The molecule has 1 aromatic heterocycles. The zero-order valence-electron chi connectivity index (χ0n) is 10.0. The van der Waals surface area contributed by atoms with Crippen LogP contribution in [0.4, 0.5) is 0 Å². The first-order chi connectivity index (χ1) is 8.04. The van der Waals surface area contributed by atoms with Gasteiger partial charge in [0.1, 0.15) is 0 Å². The van der Waals surface area contributed by atoms with Gasteiger partial charge in [-0.05, 0) is 13.8 Å². The third-order valence-electron chi connectivity index (χ3n) is 2.73. The number of aromatic amines is 1. The lowest BCUT2D eigenvalue weighted by Crippen LogP contribution is -2.47. The quantitative estimate of drug-likeness (QED) is 0.763. The summed E-state index contributed by atoms with van der Waals surface area (Å²) in [6.45, 7) is 5.91. The Morgan fingerprint density at radius 1 is 1.29 bits per heavy atom. The first-order valence-corrected chi connectivity index (χ1v) is 5.72. The Bertz CT molecular complexity index is 483. The van der Waals surface area contributed by atoms with Crippen LogP contribution in [0.5, 0.6) is 0 Å². The van der Waals surface area contributed by atoms with E-state index < -0.39 is 0 Å². The molecule has 0 aliphatic carbocycles. The lowest BCUT2D eigenvalue weighted by molar-refractivity contribution is -0.0780. The third kappa shape index (κ3) is 3.04. The minimum Gasteiger partial charge on any atom is -0.373 e. The van der Waals surface area contributed by atoms with E-state index in [9.17, 15) is 9.59 Å². The number of morpholine rings is 1. The molecule has 1 saturated heterocycles. The standard InChI is InChI=1S/C11H17N3O3/c1-8-5-13(6-9(2)17-8)7-14-11(16)4-3-10(15)12-14/h3-4,8-9H,5-7H2,1-2H3,(H,12,15)/t8-,9+. The molecule has 6 heteroatoms. The van der Waals surface area contributed by atoms with Crippen molar-refractivity contribution in [3.05, 3.63) is 32.8 Å². The van der Waals surface area contributed by atoms with Crippen LogP contribution in [-0.2, 0) is 11.4 Å². The highest BCUT2D eigenvalue weighted by Gasteiger charge is 2.22. The van der Waals surface area contributed by atoms with Crippen LogP contribution in [0.25, 0.3) is 0 Å². The molecule has 1 fully saturated rings. The molecule has 17 heavy (non-hydrogen) atoms. The van der Waals surface area contributed by atoms with Crippen molar-refractivity contribution in [3.8, 4) is 0 Å². The van der Waals surface area contributed by atoms with Gasteiger partial charge < -0.3 is 4.74 Å². The zero-order chi connectivity index (χ0) is 12.4. The molecule has 2 rings (SSSR count). The van der Waals surface area contributed by atoms with Crippen LogP contribution in [0.1, 0.15) is 13.8 Å². The summed E-state index contributed by atoms with van der Waals surface area (Å²) in [6, 6.07) is 2.52. The van der Waals surface area contributed by atoms with E-state index in [-0.39, 0.29) is 23.3 Å². The molecular weight excluding hydrogens is 222 g/mol. The molecule has 6 nitrogen and oxygen atoms in total. The lowest BCUT2D eigenvalue weighted by Gasteiger charge is -2.35. The van der Waals surface area contributed by atoms with Crippen molar-refractivity contribution in [2.75, 3.05) is 13.1 Å². The zero-order valence-corrected chi connectivity index (χ0v) is 10.0. The normalized spacial score (nSPS) is 26.0. The Morgan fingerprint density at radius 2 is 1.94 bits per heavy atom. The van der Waals surface area contributed by atoms with Gasteiger partial charge >= 0.3 is 0 Å².